The van der Waals surface area contributed by atoms with E-state index in [-0.39, 0.29) is 0 Å². The number of hydrogen-bond donors (Lipinski definition) is 1. The molecule has 0 aromatic heterocycles. The Morgan fingerprint density at radius 3 is 2.11 bits per heavy atom. The summed E-state index contributed by atoms with van der Waals surface area (Å²) in [6.07, 6.45) is 3.82. The highest BCUT2D eigenvalue weighted by molar-refractivity contribution is 5.37. The van der Waals surface area contributed by atoms with Crippen molar-refractivity contribution in [3.8, 4) is 0 Å². The molecule has 1 aromatic carbocycles. The van der Waals surface area contributed by atoms with Crippen molar-refractivity contribution in [1.29, 1.82) is 0 Å². The van der Waals surface area contributed by atoms with E-state index in [1.807, 2.05) is 0 Å². The predicted octanol–water partition coefficient (Wildman–Crippen LogP) is 4.36. The lowest BCUT2D eigenvalue weighted by atomic mass is 9.51. The summed E-state index contributed by atoms with van der Waals surface area (Å²) < 4.78 is 0. The highest BCUT2D eigenvalue weighted by atomic mass is 14.9. The van der Waals surface area contributed by atoms with Crippen LogP contribution in [0.15, 0.2) is 18.2 Å². The first kappa shape index (κ1) is 14.6. The topological polar surface area (TPSA) is 12.0 Å². The number of hydrogen-bond acceptors (Lipinski definition) is 1. The van der Waals surface area contributed by atoms with Crippen molar-refractivity contribution in [1.82, 2.24) is 5.32 Å². The van der Waals surface area contributed by atoms with Crippen LogP contribution in [-0.2, 0) is 5.41 Å². The Morgan fingerprint density at radius 1 is 1.05 bits per heavy atom. The first-order valence-electron chi connectivity index (χ1n) is 7.66. The van der Waals surface area contributed by atoms with Crippen LogP contribution in [0.25, 0.3) is 0 Å². The highest BCUT2D eigenvalue weighted by Crippen LogP contribution is 2.55. The minimum absolute atomic E-state index is 0.370. The van der Waals surface area contributed by atoms with Gasteiger partial charge in [-0.3, -0.25) is 0 Å². The Bertz CT molecular complexity index is 417. The van der Waals surface area contributed by atoms with Crippen LogP contribution in [0.5, 0.6) is 0 Å². The molecule has 1 saturated carbocycles. The number of nitrogens with one attached hydrogen (secondary N) is 1. The molecule has 19 heavy (non-hydrogen) atoms. The second kappa shape index (κ2) is 5.28. The van der Waals surface area contributed by atoms with Gasteiger partial charge in [-0.25, -0.2) is 0 Å². The van der Waals surface area contributed by atoms with Crippen LogP contribution in [0, 0.1) is 19.3 Å². The van der Waals surface area contributed by atoms with Gasteiger partial charge in [0.25, 0.3) is 0 Å². The van der Waals surface area contributed by atoms with Gasteiger partial charge in [0.15, 0.2) is 0 Å². The Morgan fingerprint density at radius 2 is 1.63 bits per heavy atom. The quantitative estimate of drug-likeness (QED) is 0.775. The maximum atomic E-state index is 3.65. The lowest BCUT2D eigenvalue weighted by Gasteiger charge is -2.54. The molecule has 0 spiro atoms. The van der Waals surface area contributed by atoms with Gasteiger partial charge in [-0.15, -0.1) is 0 Å². The molecule has 2 rings (SSSR count). The second-order valence-corrected chi connectivity index (χ2v) is 7.35. The molecule has 1 aliphatic carbocycles. The van der Waals surface area contributed by atoms with E-state index in [0.29, 0.717) is 10.8 Å². The number of aryl methyl sites for hydroxylation is 2. The second-order valence-electron chi connectivity index (χ2n) is 7.35. The van der Waals surface area contributed by atoms with Crippen LogP contribution < -0.4 is 5.32 Å². The summed E-state index contributed by atoms with van der Waals surface area (Å²) in [4.78, 5) is 0. The molecule has 106 valence electrons. The van der Waals surface area contributed by atoms with Crippen molar-refractivity contribution in [2.75, 3.05) is 13.1 Å². The summed E-state index contributed by atoms with van der Waals surface area (Å²) in [7, 11) is 0. The Kier molecular flexibility index (Phi) is 4.06. The van der Waals surface area contributed by atoms with Gasteiger partial charge in [0.1, 0.15) is 0 Å². The summed E-state index contributed by atoms with van der Waals surface area (Å²) in [5.41, 5.74) is 5.22. The average molecular weight is 259 g/mol. The molecule has 0 saturated heterocycles. The summed E-state index contributed by atoms with van der Waals surface area (Å²) in [5.74, 6) is 0. The van der Waals surface area contributed by atoms with Crippen molar-refractivity contribution >= 4 is 0 Å². The molecule has 1 aromatic rings. The summed E-state index contributed by atoms with van der Waals surface area (Å²) in [6, 6.07) is 7.08. The molecule has 1 aliphatic rings. The van der Waals surface area contributed by atoms with E-state index in [2.05, 4.69) is 58.1 Å². The van der Waals surface area contributed by atoms with Gasteiger partial charge in [0.05, 0.1) is 0 Å². The standard InChI is InChI=1S/C18H29N/c1-6-7-19-13-18(11-17(4,5)12-18)16-9-14(2)8-15(3)10-16/h8-10,19H,6-7,11-13H2,1-5H3. The van der Waals surface area contributed by atoms with Crippen molar-refractivity contribution < 1.29 is 0 Å². The van der Waals surface area contributed by atoms with Crippen LogP contribution in [0.1, 0.15) is 56.7 Å². The fourth-order valence-electron chi connectivity index (χ4n) is 4.00. The zero-order chi connectivity index (χ0) is 14.1. The third-order valence-electron chi connectivity index (χ3n) is 4.36. The molecule has 1 heteroatoms. The van der Waals surface area contributed by atoms with Crippen molar-refractivity contribution in [3.05, 3.63) is 34.9 Å². The molecule has 0 amide bonds. The molecule has 0 unspecified atom stereocenters. The van der Waals surface area contributed by atoms with Crippen LogP contribution in [-0.4, -0.2) is 13.1 Å². The van der Waals surface area contributed by atoms with Gasteiger partial charge >= 0.3 is 0 Å². The van der Waals surface area contributed by atoms with Crippen LogP contribution in [0.4, 0.5) is 0 Å². The summed E-state index contributed by atoms with van der Waals surface area (Å²) in [6.45, 7) is 13.7. The zero-order valence-corrected chi connectivity index (χ0v) is 13.3. The first-order valence-corrected chi connectivity index (χ1v) is 7.66. The van der Waals surface area contributed by atoms with Crippen LogP contribution in [0.2, 0.25) is 0 Å². The van der Waals surface area contributed by atoms with Crippen molar-refractivity contribution in [2.45, 2.75) is 59.3 Å². The first-order chi connectivity index (χ1) is 8.87. The van der Waals surface area contributed by atoms with Gasteiger partial charge in [-0.1, -0.05) is 50.1 Å². The zero-order valence-electron chi connectivity index (χ0n) is 13.3. The summed E-state index contributed by atoms with van der Waals surface area (Å²) >= 11 is 0. The molecular formula is C18H29N. The fourth-order valence-corrected chi connectivity index (χ4v) is 4.00. The highest BCUT2D eigenvalue weighted by Gasteiger charge is 2.49. The largest absolute Gasteiger partial charge is 0.316 e. The molecule has 0 radical (unpaired) electrons. The molecule has 1 nitrogen and oxygen atoms in total. The van der Waals surface area contributed by atoms with Gasteiger partial charge in [-0.2, -0.15) is 0 Å². The van der Waals surface area contributed by atoms with E-state index < -0.39 is 0 Å². The predicted molar refractivity (Wildman–Crippen MR) is 83.8 cm³/mol. The lowest BCUT2D eigenvalue weighted by molar-refractivity contribution is 0.0564. The van der Waals surface area contributed by atoms with Crippen molar-refractivity contribution in [3.63, 3.8) is 0 Å². The lowest BCUT2D eigenvalue weighted by Crippen LogP contribution is -2.52. The molecule has 0 heterocycles. The minimum Gasteiger partial charge on any atom is -0.316 e. The van der Waals surface area contributed by atoms with Gasteiger partial charge in [-0.05, 0) is 50.6 Å². The smallest absolute Gasteiger partial charge is 0.00881 e. The molecular weight excluding hydrogens is 230 g/mol. The molecule has 0 aliphatic heterocycles. The fraction of sp³-hybridized carbons (Fsp3) is 0.667. The summed E-state index contributed by atoms with van der Waals surface area (Å²) in [5, 5.41) is 3.65. The average Bonchev–Trinajstić information content (AvgIpc) is 2.25. The van der Waals surface area contributed by atoms with Crippen LogP contribution >= 0.6 is 0 Å². The minimum atomic E-state index is 0.370. The Labute approximate surface area is 118 Å². The van der Waals surface area contributed by atoms with Crippen LogP contribution in [0.3, 0.4) is 0 Å². The van der Waals surface area contributed by atoms with Gasteiger partial charge in [0.2, 0.25) is 0 Å². The third-order valence-corrected chi connectivity index (χ3v) is 4.36. The van der Waals surface area contributed by atoms with Gasteiger partial charge in [0, 0.05) is 12.0 Å². The van der Waals surface area contributed by atoms with Crippen molar-refractivity contribution in [2.24, 2.45) is 5.41 Å². The van der Waals surface area contributed by atoms with Gasteiger partial charge < -0.3 is 5.32 Å². The van der Waals surface area contributed by atoms with E-state index >= 15 is 0 Å². The van der Waals surface area contributed by atoms with E-state index in [9.17, 15) is 0 Å². The molecule has 0 bridgehead atoms. The Hall–Kier alpha value is -0.820. The molecule has 1 fully saturated rings. The van der Waals surface area contributed by atoms with E-state index in [0.717, 1.165) is 13.1 Å². The Balaban J connectivity index is 2.23. The number of benzene rings is 1. The third kappa shape index (κ3) is 3.20. The maximum Gasteiger partial charge on any atom is 0.00881 e. The van der Waals surface area contributed by atoms with E-state index in [1.165, 1.54) is 30.4 Å². The SMILES string of the molecule is CCCNCC1(c2cc(C)cc(C)c2)CC(C)(C)C1. The number of rotatable bonds is 5. The van der Waals surface area contributed by atoms with E-state index in [4.69, 9.17) is 0 Å². The monoisotopic (exact) mass is 259 g/mol. The normalized spacial score (nSPS) is 20.1. The molecule has 1 N–H and O–H groups in total. The maximum absolute atomic E-state index is 3.65. The van der Waals surface area contributed by atoms with E-state index in [1.54, 1.807) is 5.56 Å². The molecule has 0 atom stereocenters.